The molecule has 7 heteroatoms. The number of hydrogen-bond acceptors (Lipinski definition) is 3. The molecule has 0 bridgehead atoms. The lowest BCUT2D eigenvalue weighted by Gasteiger charge is -2.29. The minimum absolute atomic E-state index is 0.0386. The van der Waals surface area contributed by atoms with Crippen LogP contribution in [-0.2, 0) is 19.5 Å². The summed E-state index contributed by atoms with van der Waals surface area (Å²) >= 11 is 5.79. The minimum Gasteiger partial charge on any atom is -0.310 e. The van der Waals surface area contributed by atoms with E-state index in [0.717, 1.165) is 37.2 Å². The van der Waals surface area contributed by atoms with Crippen LogP contribution in [0.3, 0.4) is 0 Å². The summed E-state index contributed by atoms with van der Waals surface area (Å²) in [5.41, 5.74) is 1.31. The van der Waals surface area contributed by atoms with Crippen LogP contribution in [0, 0.1) is 11.6 Å². The molecule has 0 atom stereocenters. The molecule has 0 unspecified atom stereocenters. The van der Waals surface area contributed by atoms with Gasteiger partial charge in [0.15, 0.2) is 0 Å². The molecule has 2 heterocycles. The highest BCUT2D eigenvalue weighted by molar-refractivity contribution is 6.30. The van der Waals surface area contributed by atoms with E-state index in [1.54, 1.807) is 0 Å². The normalized spacial score (nSPS) is 18.5. The maximum absolute atomic E-state index is 14.2. The number of H-pyrrole nitrogens is 1. The van der Waals surface area contributed by atoms with E-state index < -0.39 is 11.6 Å². The van der Waals surface area contributed by atoms with Gasteiger partial charge >= 0.3 is 0 Å². The molecule has 1 aromatic heterocycles. The molecule has 0 saturated heterocycles. The van der Waals surface area contributed by atoms with Gasteiger partial charge in [0, 0.05) is 36.7 Å². The van der Waals surface area contributed by atoms with E-state index in [1.165, 1.54) is 18.6 Å². The molecule has 0 spiro atoms. The van der Waals surface area contributed by atoms with E-state index in [1.807, 2.05) is 4.90 Å². The molecule has 144 valence electrons. The van der Waals surface area contributed by atoms with Crippen molar-refractivity contribution in [3.63, 3.8) is 0 Å². The topological polar surface area (TPSA) is 49.0 Å². The Hall–Kier alpha value is -1.79. The van der Waals surface area contributed by atoms with Gasteiger partial charge in [-0.3, -0.25) is 9.69 Å². The minimum atomic E-state index is -0.718. The van der Waals surface area contributed by atoms with E-state index in [9.17, 15) is 13.6 Å². The summed E-state index contributed by atoms with van der Waals surface area (Å²) in [5.74, 6) is -0.260. The summed E-state index contributed by atoms with van der Waals surface area (Å²) in [6.45, 7) is 1.06. The first-order chi connectivity index (χ1) is 13.0. The summed E-state index contributed by atoms with van der Waals surface area (Å²) in [4.78, 5) is 22.1. The smallest absolute Gasteiger partial charge is 0.254 e. The Bertz CT molecular complexity index is 909. The van der Waals surface area contributed by atoms with Gasteiger partial charge in [0.1, 0.15) is 17.5 Å². The predicted octanol–water partition coefficient (Wildman–Crippen LogP) is 4.31. The third-order valence-electron chi connectivity index (χ3n) is 5.68. The van der Waals surface area contributed by atoms with Crippen LogP contribution in [-0.4, -0.2) is 21.4 Å². The first-order valence-electron chi connectivity index (χ1n) is 9.49. The summed E-state index contributed by atoms with van der Waals surface area (Å²) in [7, 11) is 0. The van der Waals surface area contributed by atoms with E-state index in [2.05, 4.69) is 4.98 Å². The average molecular weight is 394 g/mol. The second kappa shape index (κ2) is 7.68. The third-order valence-corrected chi connectivity index (χ3v) is 5.98. The maximum Gasteiger partial charge on any atom is 0.254 e. The number of halogens is 3. The van der Waals surface area contributed by atoms with Gasteiger partial charge in [-0.25, -0.2) is 13.8 Å². The Morgan fingerprint density at radius 3 is 2.78 bits per heavy atom. The van der Waals surface area contributed by atoms with Crippen LogP contribution in [0.25, 0.3) is 0 Å². The van der Waals surface area contributed by atoms with Crippen molar-refractivity contribution in [3.8, 4) is 0 Å². The Labute approximate surface area is 161 Å². The van der Waals surface area contributed by atoms with Crippen molar-refractivity contribution in [2.24, 2.45) is 0 Å². The molecule has 27 heavy (non-hydrogen) atoms. The molecule has 2 aliphatic rings. The summed E-state index contributed by atoms with van der Waals surface area (Å²) < 4.78 is 28.3. The predicted molar refractivity (Wildman–Crippen MR) is 99.9 cm³/mol. The van der Waals surface area contributed by atoms with Gasteiger partial charge in [0.05, 0.1) is 10.7 Å². The Morgan fingerprint density at radius 2 is 2.00 bits per heavy atom. The molecule has 0 radical (unpaired) electrons. The molecule has 1 aromatic carbocycles. The zero-order chi connectivity index (χ0) is 19.0. The van der Waals surface area contributed by atoms with E-state index in [4.69, 9.17) is 16.6 Å². The van der Waals surface area contributed by atoms with Crippen molar-refractivity contribution < 1.29 is 8.78 Å². The highest BCUT2D eigenvalue weighted by Gasteiger charge is 2.26. The van der Waals surface area contributed by atoms with Crippen LogP contribution in [0.15, 0.2) is 16.9 Å². The van der Waals surface area contributed by atoms with Gasteiger partial charge in [-0.05, 0) is 31.4 Å². The van der Waals surface area contributed by atoms with Crippen molar-refractivity contribution in [3.05, 3.63) is 61.8 Å². The van der Waals surface area contributed by atoms with Gasteiger partial charge < -0.3 is 4.98 Å². The number of aromatic amines is 1. The molecule has 0 amide bonds. The van der Waals surface area contributed by atoms with Crippen molar-refractivity contribution in [2.75, 3.05) is 6.54 Å². The molecule has 1 aliphatic carbocycles. The number of aromatic nitrogens is 2. The number of rotatable bonds is 3. The second-order valence-corrected chi connectivity index (χ2v) is 7.90. The first-order valence-corrected chi connectivity index (χ1v) is 9.87. The van der Waals surface area contributed by atoms with Crippen molar-refractivity contribution in [1.29, 1.82) is 0 Å². The fourth-order valence-electron chi connectivity index (χ4n) is 4.15. The molecule has 1 N–H and O–H groups in total. The van der Waals surface area contributed by atoms with Gasteiger partial charge in [-0.2, -0.15) is 0 Å². The standard InChI is InChI=1S/C20H22ClF2N3O/c21-15-6-7-16(22)14(18(15)23)10-26-9-8-13-17(11-26)24-19(25-20(13)27)12-4-2-1-3-5-12/h6-7,12H,1-5,8-11H2,(H,24,25,27). The van der Waals surface area contributed by atoms with Gasteiger partial charge in [0.25, 0.3) is 5.56 Å². The van der Waals surface area contributed by atoms with Gasteiger partial charge in [0.2, 0.25) is 0 Å². The molecular weight excluding hydrogens is 372 g/mol. The monoisotopic (exact) mass is 393 g/mol. The first kappa shape index (κ1) is 18.6. The van der Waals surface area contributed by atoms with Crippen LogP contribution in [0.5, 0.6) is 0 Å². The van der Waals surface area contributed by atoms with Gasteiger partial charge in [-0.1, -0.05) is 30.9 Å². The molecule has 1 saturated carbocycles. The second-order valence-electron chi connectivity index (χ2n) is 7.49. The lowest BCUT2D eigenvalue weighted by Crippen LogP contribution is -2.36. The molecular formula is C20H22ClF2N3O. The number of nitrogens with one attached hydrogen (secondary N) is 1. The van der Waals surface area contributed by atoms with Crippen LogP contribution < -0.4 is 5.56 Å². The average Bonchev–Trinajstić information content (AvgIpc) is 2.68. The highest BCUT2D eigenvalue weighted by atomic mass is 35.5. The number of hydrogen-bond donors (Lipinski definition) is 1. The van der Waals surface area contributed by atoms with Gasteiger partial charge in [-0.15, -0.1) is 0 Å². The lowest BCUT2D eigenvalue weighted by molar-refractivity contribution is 0.232. The Balaban J connectivity index is 1.58. The number of benzene rings is 1. The molecule has 4 nitrogen and oxygen atoms in total. The molecule has 4 rings (SSSR count). The highest BCUT2D eigenvalue weighted by Crippen LogP contribution is 2.31. The fourth-order valence-corrected chi connectivity index (χ4v) is 4.33. The maximum atomic E-state index is 14.2. The number of nitrogens with zero attached hydrogens (tertiary/aromatic N) is 2. The van der Waals surface area contributed by atoms with Crippen LogP contribution >= 0.6 is 11.6 Å². The van der Waals surface area contributed by atoms with Crippen LogP contribution in [0.2, 0.25) is 5.02 Å². The van der Waals surface area contributed by atoms with Crippen molar-refractivity contribution in [1.82, 2.24) is 14.9 Å². The Kier molecular flexibility index (Phi) is 5.28. The van der Waals surface area contributed by atoms with Crippen LogP contribution in [0.1, 0.15) is 60.7 Å². The van der Waals surface area contributed by atoms with Crippen molar-refractivity contribution >= 4 is 11.6 Å². The van der Waals surface area contributed by atoms with Crippen LogP contribution in [0.4, 0.5) is 8.78 Å². The quantitative estimate of drug-likeness (QED) is 0.790. The summed E-state index contributed by atoms with van der Waals surface area (Å²) in [6, 6.07) is 2.40. The summed E-state index contributed by atoms with van der Waals surface area (Å²) in [5, 5.41) is -0.0852. The largest absolute Gasteiger partial charge is 0.310 e. The van der Waals surface area contributed by atoms with E-state index in [-0.39, 0.29) is 22.7 Å². The molecule has 1 aliphatic heterocycles. The fraction of sp³-hybridized carbons (Fsp3) is 0.500. The zero-order valence-electron chi connectivity index (χ0n) is 15.0. The number of fused-ring (bicyclic) bond motifs is 1. The molecule has 2 aromatic rings. The van der Waals surface area contributed by atoms with E-state index in [0.29, 0.717) is 31.0 Å². The zero-order valence-corrected chi connectivity index (χ0v) is 15.8. The van der Waals surface area contributed by atoms with Crippen molar-refractivity contribution in [2.45, 2.75) is 57.5 Å². The SMILES string of the molecule is O=c1[nH]c(C2CCCCC2)nc2c1CCN(Cc1c(F)ccc(Cl)c1F)C2. The molecule has 1 fully saturated rings. The Morgan fingerprint density at radius 1 is 1.22 bits per heavy atom. The van der Waals surface area contributed by atoms with E-state index >= 15 is 0 Å². The third kappa shape index (κ3) is 3.78. The summed E-state index contributed by atoms with van der Waals surface area (Å²) in [6.07, 6.45) is 6.16. The lowest BCUT2D eigenvalue weighted by atomic mass is 9.88.